The minimum absolute atomic E-state index is 0.0131. The van der Waals surface area contributed by atoms with Gasteiger partial charge in [-0.1, -0.05) is 0 Å². The highest BCUT2D eigenvalue weighted by Gasteiger charge is 2.24. The highest BCUT2D eigenvalue weighted by Crippen LogP contribution is 2.57. The van der Waals surface area contributed by atoms with Gasteiger partial charge in [0.15, 0.2) is 20.4 Å². The Hall–Kier alpha value is 0.520. The average Bonchev–Trinajstić information content (AvgIpc) is 2.89. The Morgan fingerprint density at radius 1 is 0.522 bits per heavy atom. The summed E-state index contributed by atoms with van der Waals surface area (Å²) in [4.78, 5) is 18.6. The topological polar surface area (TPSA) is 234 Å². The number of hydrogen-bond acceptors (Lipinski definition) is 16. The normalized spacial score (nSPS) is 17.4. The molecule has 0 aromatic rings. The van der Waals surface area contributed by atoms with Gasteiger partial charge in [-0.3, -0.25) is 27.2 Å². The monoisotopic (exact) mass is 756 g/mol. The zero-order chi connectivity index (χ0) is 35.8. The van der Waals surface area contributed by atoms with Crippen molar-refractivity contribution in [3.8, 4) is 0 Å². The van der Waals surface area contributed by atoms with Crippen molar-refractivity contribution >= 4 is 31.9 Å². The fourth-order valence-corrected chi connectivity index (χ4v) is 5.97. The van der Waals surface area contributed by atoms with Crippen molar-refractivity contribution in [2.45, 2.75) is 79.8 Å². The van der Waals surface area contributed by atoms with E-state index in [1.54, 1.807) is 41.5 Å². The third-order valence-electron chi connectivity index (χ3n) is 4.38. The highest BCUT2D eigenvalue weighted by molar-refractivity contribution is 8.12. The van der Waals surface area contributed by atoms with E-state index in [-0.39, 0.29) is 71.4 Å². The Labute approximate surface area is 274 Å². The van der Waals surface area contributed by atoms with Crippen molar-refractivity contribution in [1.29, 1.82) is 0 Å². The Bertz CT molecular complexity index is 840. The second kappa shape index (κ2) is 27.3. The number of hydrogen-bond donors (Lipinski definition) is 4. The van der Waals surface area contributed by atoms with Crippen LogP contribution in [0.15, 0.2) is 0 Å². The van der Waals surface area contributed by atoms with Gasteiger partial charge < -0.3 is 48.2 Å². The third-order valence-corrected chi connectivity index (χ3v) is 8.61. The van der Waals surface area contributed by atoms with E-state index < -0.39 is 54.6 Å². The Balaban J connectivity index is 0. The van der Waals surface area contributed by atoms with Gasteiger partial charge in [-0.25, -0.2) is 9.13 Å². The van der Waals surface area contributed by atoms with Crippen LogP contribution >= 0.6 is 31.9 Å². The van der Waals surface area contributed by atoms with Crippen LogP contribution in [0.5, 0.6) is 0 Å². The molecule has 22 heteroatoms. The summed E-state index contributed by atoms with van der Waals surface area (Å²) in [5, 5.41) is 18.4. The molecule has 0 aliphatic heterocycles. The summed E-state index contributed by atoms with van der Waals surface area (Å²) in [6, 6.07) is 0. The molecule has 0 aliphatic carbocycles. The molecule has 0 rings (SSSR count). The van der Waals surface area contributed by atoms with Crippen LogP contribution in [0.2, 0.25) is 0 Å². The number of phosphoric ester groups is 2. The van der Waals surface area contributed by atoms with Gasteiger partial charge in [-0.15, -0.1) is 0 Å². The number of rotatable bonds is 28. The van der Waals surface area contributed by atoms with Gasteiger partial charge >= 0.3 is 22.9 Å². The Morgan fingerprint density at radius 3 is 1.15 bits per heavy atom. The second-order valence-corrected chi connectivity index (χ2v) is 16.9. The second-order valence-electron chi connectivity index (χ2n) is 10.6. The summed E-state index contributed by atoms with van der Waals surface area (Å²) in [5.41, 5.74) is 0. The summed E-state index contributed by atoms with van der Waals surface area (Å²) >= 11 is 0. The molecule has 0 aliphatic rings. The molecular formula is C24H56O18P4. The number of phosphoric acid groups is 2. The van der Waals surface area contributed by atoms with Crippen LogP contribution in [0.4, 0.5) is 0 Å². The smallest absolute Gasteiger partial charge is 0.396 e. The number of ether oxygens (including phenoxy) is 5. The van der Waals surface area contributed by atoms with E-state index in [9.17, 15) is 28.6 Å². The van der Waals surface area contributed by atoms with E-state index in [1.165, 1.54) is 0 Å². The molecular weight excluding hydrogens is 700 g/mol. The molecule has 18 nitrogen and oxygen atoms in total. The predicted octanol–water partition coefficient (Wildman–Crippen LogP) is 4.02. The van der Waals surface area contributed by atoms with E-state index in [4.69, 9.17) is 42.4 Å². The lowest BCUT2D eigenvalue weighted by molar-refractivity contribution is -0.103. The van der Waals surface area contributed by atoms with Crippen molar-refractivity contribution in [3.63, 3.8) is 0 Å². The highest BCUT2D eigenvalue weighted by atomic mass is 32.1. The molecule has 0 aromatic carbocycles. The van der Waals surface area contributed by atoms with Gasteiger partial charge in [0.05, 0.1) is 64.1 Å². The minimum atomic E-state index is -4.16. The molecule has 0 saturated carbocycles. The van der Waals surface area contributed by atoms with Crippen molar-refractivity contribution in [2.24, 2.45) is 11.8 Å². The molecule has 4 N–H and O–H groups in total. The van der Waals surface area contributed by atoms with E-state index in [1.807, 2.05) is 22.8 Å². The molecule has 0 saturated heterocycles. The van der Waals surface area contributed by atoms with Crippen LogP contribution in [0.3, 0.4) is 0 Å². The van der Waals surface area contributed by atoms with E-state index in [2.05, 4.69) is 13.6 Å². The first-order valence-corrected chi connectivity index (χ1v) is 20.6. The first-order chi connectivity index (χ1) is 21.2. The molecule has 0 spiro atoms. The fourth-order valence-electron chi connectivity index (χ4n) is 2.59. The molecule has 0 radical (unpaired) electrons. The summed E-state index contributed by atoms with van der Waals surface area (Å²) < 4.78 is 88.9. The molecule has 0 aromatic heterocycles. The molecule has 6 unspecified atom stereocenters. The maximum atomic E-state index is 11.8. The molecule has 280 valence electrons. The third kappa shape index (κ3) is 33.0. The molecule has 0 bridgehead atoms. The van der Waals surface area contributed by atoms with Crippen molar-refractivity contribution in [3.05, 3.63) is 0 Å². The van der Waals surface area contributed by atoms with Crippen LogP contribution in [0.25, 0.3) is 0 Å². The molecule has 0 heterocycles. The Kier molecular flexibility index (Phi) is 28.8. The van der Waals surface area contributed by atoms with Crippen molar-refractivity contribution < 1.29 is 84.5 Å². The van der Waals surface area contributed by atoms with Crippen LogP contribution in [-0.4, -0.2) is 111 Å². The lowest BCUT2D eigenvalue weighted by Crippen LogP contribution is -2.22. The zero-order valence-corrected chi connectivity index (χ0v) is 31.8. The lowest BCUT2D eigenvalue weighted by Gasteiger charge is -2.19. The predicted molar refractivity (Wildman–Crippen MR) is 170 cm³/mol. The lowest BCUT2D eigenvalue weighted by atomic mass is 10.2. The van der Waals surface area contributed by atoms with Gasteiger partial charge in [0.2, 0.25) is 0 Å². The Morgan fingerprint density at radius 2 is 0.848 bits per heavy atom. The molecule has 46 heavy (non-hydrogen) atoms. The summed E-state index contributed by atoms with van der Waals surface area (Å²) in [7, 11) is -9.52. The molecule has 0 fully saturated rings. The average molecular weight is 757 g/mol. The SMILES string of the molecule is CC(C)OCOCC(CO)COCOP(=O)(O)OC(C)C.CC(C)OP(=O)(O)OCOCC(CO)COCOP(=O)(P)OC(C)C. The summed E-state index contributed by atoms with van der Waals surface area (Å²) in [6.45, 7) is 12.7. The maximum absolute atomic E-state index is 11.8. The zero-order valence-electron chi connectivity index (χ0n) is 28.0. The molecule has 0 amide bonds. The number of aliphatic hydroxyl groups excluding tert-OH is 2. The van der Waals surface area contributed by atoms with E-state index >= 15 is 0 Å². The first-order valence-electron chi connectivity index (χ1n) is 14.4. The van der Waals surface area contributed by atoms with Crippen LogP contribution in [0, 0.1) is 11.8 Å². The number of aliphatic hydroxyl groups is 2. The van der Waals surface area contributed by atoms with Gasteiger partial charge in [-0.05, 0) is 64.3 Å². The van der Waals surface area contributed by atoms with Gasteiger partial charge in [0.25, 0.3) is 0 Å². The van der Waals surface area contributed by atoms with Crippen LogP contribution < -0.4 is 0 Å². The van der Waals surface area contributed by atoms with Gasteiger partial charge in [0.1, 0.15) is 6.79 Å². The quantitative estimate of drug-likeness (QED) is 0.0501. The fraction of sp³-hybridized carbons (Fsp3) is 1.00. The maximum Gasteiger partial charge on any atom is 0.474 e. The van der Waals surface area contributed by atoms with Crippen LogP contribution in [-0.2, 0) is 64.5 Å². The van der Waals surface area contributed by atoms with Crippen molar-refractivity contribution in [1.82, 2.24) is 0 Å². The van der Waals surface area contributed by atoms with E-state index in [0.717, 1.165) is 0 Å². The van der Waals surface area contributed by atoms with Gasteiger partial charge in [-0.2, -0.15) is 0 Å². The largest absolute Gasteiger partial charge is 0.474 e. The van der Waals surface area contributed by atoms with Crippen LogP contribution in [0.1, 0.15) is 55.4 Å². The standard InChI is InChI=1S/C12H29O10P3.C12H27O8P/c1-10(2)21-24(14,15)19-8-17-6-12(5-13)7-18-9-20-25(16,23)22-11(3)4;1-10(2)18-8-16-6-12(5-13)7-17-9-19-21(14,15)20-11(3)4/h10-13H,5-9,23H2,1-4H3,(H,14,15);10-13H,5-9H2,1-4H3,(H,14,15). The van der Waals surface area contributed by atoms with Gasteiger partial charge in [0, 0.05) is 11.8 Å². The van der Waals surface area contributed by atoms with E-state index in [0.29, 0.717) is 0 Å². The molecule has 6 atom stereocenters. The first kappa shape index (κ1) is 48.6. The summed E-state index contributed by atoms with van der Waals surface area (Å²) in [6.07, 6.45) is -1.09. The van der Waals surface area contributed by atoms with Crippen molar-refractivity contribution in [2.75, 3.05) is 66.8 Å². The summed E-state index contributed by atoms with van der Waals surface area (Å²) in [5.74, 6) is -0.695. The minimum Gasteiger partial charge on any atom is -0.396 e.